The Kier molecular flexibility index (Phi) is 8.53. The van der Waals surface area contributed by atoms with Crippen molar-refractivity contribution in [3.05, 3.63) is 51.9 Å². The number of aromatic hydroxyl groups is 1. The van der Waals surface area contributed by atoms with Crippen molar-refractivity contribution in [2.24, 2.45) is 0 Å². The van der Waals surface area contributed by atoms with Gasteiger partial charge in [-0.15, -0.1) is 0 Å². The Morgan fingerprint density at radius 2 is 1.87 bits per heavy atom. The molecule has 1 heterocycles. The van der Waals surface area contributed by atoms with Gasteiger partial charge < -0.3 is 23.7 Å². The average molecular weight is 416 g/mol. The fraction of sp³-hybridized carbons (Fsp3) is 0.391. The molecule has 0 aliphatic rings. The number of rotatable bonds is 10. The Morgan fingerprint density at radius 1 is 1.10 bits per heavy atom. The van der Waals surface area contributed by atoms with Gasteiger partial charge in [-0.25, -0.2) is 4.79 Å². The van der Waals surface area contributed by atoms with E-state index in [9.17, 15) is 14.7 Å². The van der Waals surface area contributed by atoms with Crippen LogP contribution in [0.15, 0.2) is 50.7 Å². The van der Waals surface area contributed by atoms with Crippen LogP contribution in [0, 0.1) is 0 Å². The van der Waals surface area contributed by atoms with Crippen molar-refractivity contribution in [3.8, 4) is 17.2 Å². The molecule has 0 saturated carbocycles. The maximum atomic E-state index is 12.2. The summed E-state index contributed by atoms with van der Waals surface area (Å²) in [4.78, 5) is 23.1. The molecule has 7 heteroatoms. The number of hydrogen-bond donors (Lipinski definition) is 1. The Hall–Kier alpha value is -3.22. The Morgan fingerprint density at radius 3 is 2.57 bits per heavy atom. The van der Waals surface area contributed by atoms with Crippen LogP contribution in [0.4, 0.5) is 0 Å². The van der Waals surface area contributed by atoms with E-state index in [0.29, 0.717) is 5.75 Å². The number of esters is 1. The van der Waals surface area contributed by atoms with Crippen LogP contribution in [-0.2, 0) is 9.53 Å². The first kappa shape index (κ1) is 23.1. The standard InChI is InChI=1S/C23H28O7/c1-15(2)7-5-8-16(3)11-12-29-22-21(25)20-18(28-14-13-27-17(4)24)9-6-10-19(20)30-23(22)26/h6-7,9-11,25H,5,8,12-14H2,1-4H3/b16-11+. The third-order valence-corrected chi connectivity index (χ3v) is 4.22. The van der Waals surface area contributed by atoms with Crippen LogP contribution in [0.5, 0.6) is 17.2 Å². The lowest BCUT2D eigenvalue weighted by atomic mass is 10.1. The third-order valence-electron chi connectivity index (χ3n) is 4.22. The third kappa shape index (κ3) is 6.69. The molecule has 0 aliphatic carbocycles. The number of allylic oxidation sites excluding steroid dienone is 3. The van der Waals surface area contributed by atoms with E-state index in [2.05, 4.69) is 19.9 Å². The molecular weight excluding hydrogens is 388 g/mol. The molecule has 162 valence electrons. The second-order valence-electron chi connectivity index (χ2n) is 7.07. The highest BCUT2D eigenvalue weighted by molar-refractivity contribution is 5.91. The quantitative estimate of drug-likeness (QED) is 0.263. The van der Waals surface area contributed by atoms with E-state index in [1.165, 1.54) is 12.5 Å². The molecule has 0 saturated heterocycles. The van der Waals surface area contributed by atoms with E-state index in [1.807, 2.05) is 13.0 Å². The lowest BCUT2D eigenvalue weighted by Crippen LogP contribution is -2.11. The van der Waals surface area contributed by atoms with Crippen molar-refractivity contribution in [3.63, 3.8) is 0 Å². The zero-order valence-corrected chi connectivity index (χ0v) is 17.8. The van der Waals surface area contributed by atoms with Crippen molar-refractivity contribution in [1.29, 1.82) is 0 Å². The topological polar surface area (TPSA) is 95.2 Å². The summed E-state index contributed by atoms with van der Waals surface area (Å²) < 4.78 is 21.2. The first-order valence-electron chi connectivity index (χ1n) is 9.76. The van der Waals surface area contributed by atoms with Crippen LogP contribution in [0.1, 0.15) is 40.5 Å². The van der Waals surface area contributed by atoms with Crippen LogP contribution < -0.4 is 15.1 Å². The van der Waals surface area contributed by atoms with Gasteiger partial charge in [0.2, 0.25) is 5.75 Å². The van der Waals surface area contributed by atoms with E-state index in [0.717, 1.165) is 18.4 Å². The summed E-state index contributed by atoms with van der Waals surface area (Å²) in [7, 11) is 0. The van der Waals surface area contributed by atoms with E-state index in [4.69, 9.17) is 18.6 Å². The molecule has 0 fully saturated rings. The molecular formula is C23H28O7. The summed E-state index contributed by atoms with van der Waals surface area (Å²) in [5.41, 5.74) is 1.78. The first-order valence-corrected chi connectivity index (χ1v) is 9.76. The fourth-order valence-electron chi connectivity index (χ4n) is 2.73. The molecule has 30 heavy (non-hydrogen) atoms. The van der Waals surface area contributed by atoms with Gasteiger partial charge in [-0.3, -0.25) is 4.79 Å². The van der Waals surface area contributed by atoms with Gasteiger partial charge in [-0.1, -0.05) is 23.3 Å². The van der Waals surface area contributed by atoms with Crippen molar-refractivity contribution in [1.82, 2.24) is 0 Å². The summed E-state index contributed by atoms with van der Waals surface area (Å²) >= 11 is 0. The van der Waals surface area contributed by atoms with Gasteiger partial charge >= 0.3 is 11.6 Å². The van der Waals surface area contributed by atoms with E-state index in [1.54, 1.807) is 18.2 Å². The SMILES string of the molecule is CC(=O)OCCOc1cccc2oc(=O)c(OC/C=C(\C)CCC=C(C)C)c(O)c12. The first-order chi connectivity index (χ1) is 14.3. The minimum absolute atomic E-state index is 0.0590. The second kappa shape index (κ2) is 11.1. The predicted octanol–water partition coefficient (Wildman–Crippen LogP) is 4.51. The second-order valence-corrected chi connectivity index (χ2v) is 7.07. The van der Waals surface area contributed by atoms with E-state index >= 15 is 0 Å². The molecule has 2 aromatic rings. The summed E-state index contributed by atoms with van der Waals surface area (Å²) in [5.74, 6) is -0.740. The van der Waals surface area contributed by atoms with Crippen LogP contribution in [0.25, 0.3) is 11.0 Å². The molecule has 0 unspecified atom stereocenters. The van der Waals surface area contributed by atoms with Crippen molar-refractivity contribution in [2.45, 2.75) is 40.5 Å². The lowest BCUT2D eigenvalue weighted by Gasteiger charge is -2.12. The van der Waals surface area contributed by atoms with Crippen molar-refractivity contribution < 1.29 is 28.5 Å². The normalized spacial score (nSPS) is 11.3. The largest absolute Gasteiger partial charge is 0.503 e. The molecule has 0 atom stereocenters. The van der Waals surface area contributed by atoms with Gasteiger partial charge in [0.15, 0.2) is 5.75 Å². The molecule has 1 aromatic carbocycles. The smallest absolute Gasteiger partial charge is 0.383 e. The van der Waals surface area contributed by atoms with Gasteiger partial charge in [0.05, 0.1) is 0 Å². The Balaban J connectivity index is 2.16. The molecule has 0 bridgehead atoms. The monoisotopic (exact) mass is 416 g/mol. The predicted molar refractivity (Wildman–Crippen MR) is 114 cm³/mol. The van der Waals surface area contributed by atoms with E-state index in [-0.39, 0.29) is 42.3 Å². The maximum Gasteiger partial charge on any atom is 0.383 e. The Bertz CT molecular complexity index is 995. The van der Waals surface area contributed by atoms with Gasteiger partial charge in [-0.05, 0) is 51.8 Å². The number of fused-ring (bicyclic) bond motifs is 1. The average Bonchev–Trinajstić information content (AvgIpc) is 2.67. The van der Waals surface area contributed by atoms with Gasteiger partial charge in [-0.2, -0.15) is 0 Å². The van der Waals surface area contributed by atoms with Gasteiger partial charge in [0.25, 0.3) is 0 Å². The summed E-state index contributed by atoms with van der Waals surface area (Å²) in [6.45, 7) is 7.67. The number of carbonyl (C=O) groups excluding carboxylic acids is 1. The van der Waals surface area contributed by atoms with E-state index < -0.39 is 11.6 Å². The molecule has 2 rings (SSSR count). The van der Waals surface area contributed by atoms with Gasteiger partial charge in [0, 0.05) is 6.92 Å². The number of benzene rings is 1. The molecule has 0 aliphatic heterocycles. The van der Waals surface area contributed by atoms with Crippen LogP contribution in [-0.4, -0.2) is 30.9 Å². The van der Waals surface area contributed by atoms with Crippen molar-refractivity contribution in [2.75, 3.05) is 19.8 Å². The van der Waals surface area contributed by atoms with Crippen LogP contribution >= 0.6 is 0 Å². The number of ether oxygens (including phenoxy) is 3. The summed E-state index contributed by atoms with van der Waals surface area (Å²) in [5, 5.41) is 10.9. The zero-order chi connectivity index (χ0) is 22.1. The fourth-order valence-corrected chi connectivity index (χ4v) is 2.73. The Labute approximate surface area is 175 Å². The van der Waals surface area contributed by atoms with Crippen molar-refractivity contribution >= 4 is 16.9 Å². The highest BCUT2D eigenvalue weighted by atomic mass is 16.6. The minimum Gasteiger partial charge on any atom is -0.503 e. The van der Waals surface area contributed by atoms with Crippen LogP contribution in [0.3, 0.4) is 0 Å². The molecule has 0 radical (unpaired) electrons. The molecule has 7 nitrogen and oxygen atoms in total. The molecule has 0 amide bonds. The summed E-state index contributed by atoms with van der Waals surface area (Å²) in [6, 6.07) is 4.80. The number of carbonyl (C=O) groups is 1. The molecule has 0 spiro atoms. The van der Waals surface area contributed by atoms with Gasteiger partial charge in [0.1, 0.15) is 36.5 Å². The highest BCUT2D eigenvalue weighted by Crippen LogP contribution is 2.37. The molecule has 1 N–H and O–H groups in total. The molecule has 1 aromatic heterocycles. The lowest BCUT2D eigenvalue weighted by molar-refractivity contribution is -0.141. The highest BCUT2D eigenvalue weighted by Gasteiger charge is 2.18. The number of hydrogen-bond acceptors (Lipinski definition) is 7. The zero-order valence-electron chi connectivity index (χ0n) is 17.8. The maximum absolute atomic E-state index is 12.2. The van der Waals surface area contributed by atoms with Crippen LogP contribution in [0.2, 0.25) is 0 Å². The summed E-state index contributed by atoms with van der Waals surface area (Å²) in [6.07, 6.45) is 5.84. The minimum atomic E-state index is -0.771.